The molecule has 0 aliphatic carbocycles. The van der Waals surface area contributed by atoms with Gasteiger partial charge in [-0.2, -0.15) is 0 Å². The molecule has 2 atom stereocenters. The molecule has 0 N–H and O–H groups in total. The quantitative estimate of drug-likeness (QED) is 0.0195. The van der Waals surface area contributed by atoms with Crippen LogP contribution in [0.1, 0.15) is 309 Å². The minimum Gasteiger partial charge on any atom is -0.756 e. The van der Waals surface area contributed by atoms with Crippen molar-refractivity contribution in [2.45, 2.75) is 315 Å². The molecule has 0 aromatic carbocycles. The number of nitrogens with zero attached hydrogens (tertiary/aromatic N) is 1. The molecule has 0 spiro atoms. The van der Waals surface area contributed by atoms with E-state index in [9.17, 15) is 19.0 Å². The summed E-state index contributed by atoms with van der Waals surface area (Å²) >= 11 is 0. The third-order valence-corrected chi connectivity index (χ3v) is 15.3. The van der Waals surface area contributed by atoms with Gasteiger partial charge in [0.05, 0.1) is 27.7 Å². The Balaban J connectivity index is 4.01. The van der Waals surface area contributed by atoms with Gasteiger partial charge in [0.15, 0.2) is 6.10 Å². The molecule has 10 heteroatoms. The zero-order valence-electron chi connectivity index (χ0n) is 50.7. The zero-order chi connectivity index (χ0) is 55.6. The lowest BCUT2D eigenvalue weighted by atomic mass is 10.0. The van der Waals surface area contributed by atoms with E-state index in [-0.39, 0.29) is 32.0 Å². The van der Waals surface area contributed by atoms with Crippen LogP contribution in [-0.2, 0) is 32.7 Å². The van der Waals surface area contributed by atoms with Crippen LogP contribution in [0.25, 0.3) is 0 Å². The lowest BCUT2D eigenvalue weighted by molar-refractivity contribution is -0.870. The summed E-state index contributed by atoms with van der Waals surface area (Å²) in [5.74, 6) is -0.836. The van der Waals surface area contributed by atoms with Gasteiger partial charge in [0.25, 0.3) is 7.82 Å². The number of rotatable bonds is 60. The number of hydrogen-bond donors (Lipinski definition) is 0. The van der Waals surface area contributed by atoms with Gasteiger partial charge >= 0.3 is 11.9 Å². The van der Waals surface area contributed by atoms with E-state index < -0.39 is 26.5 Å². The molecule has 2 unspecified atom stereocenters. The van der Waals surface area contributed by atoms with Gasteiger partial charge in [-0.25, -0.2) is 0 Å². The number of phosphoric ester groups is 1. The Morgan fingerprint density at radius 1 is 0.408 bits per heavy atom. The van der Waals surface area contributed by atoms with Crippen LogP contribution in [-0.4, -0.2) is 70.0 Å². The van der Waals surface area contributed by atoms with E-state index in [2.05, 4.69) is 62.5 Å². The van der Waals surface area contributed by atoms with Gasteiger partial charge in [-0.05, 0) is 77.0 Å². The smallest absolute Gasteiger partial charge is 0.306 e. The fourth-order valence-electron chi connectivity index (χ4n) is 9.31. The van der Waals surface area contributed by atoms with Crippen LogP contribution in [0.5, 0.6) is 0 Å². The van der Waals surface area contributed by atoms with E-state index in [1.807, 2.05) is 21.1 Å². The highest BCUT2D eigenvalue weighted by Gasteiger charge is 2.22. The Hall–Kier alpha value is -2.03. The van der Waals surface area contributed by atoms with Crippen molar-refractivity contribution in [3.63, 3.8) is 0 Å². The first-order chi connectivity index (χ1) is 37.0. The van der Waals surface area contributed by atoms with Gasteiger partial charge in [0, 0.05) is 12.8 Å². The first-order valence-electron chi connectivity index (χ1n) is 32.3. The molecule has 0 heterocycles. The van der Waals surface area contributed by atoms with Crippen molar-refractivity contribution in [2.24, 2.45) is 0 Å². The zero-order valence-corrected chi connectivity index (χ0v) is 51.6. The summed E-state index contributed by atoms with van der Waals surface area (Å²) in [5, 5.41) is 0. The van der Waals surface area contributed by atoms with E-state index in [1.54, 1.807) is 0 Å². The molecule has 0 aliphatic rings. The Morgan fingerprint density at radius 3 is 1.09 bits per heavy atom. The molecule has 0 aromatic rings. The molecule has 0 aliphatic heterocycles. The van der Waals surface area contributed by atoms with Crippen molar-refractivity contribution in [1.82, 2.24) is 0 Å². The third kappa shape index (κ3) is 61.2. The Kier molecular flexibility index (Phi) is 56.1. The van der Waals surface area contributed by atoms with Crippen molar-refractivity contribution < 1.29 is 42.1 Å². The van der Waals surface area contributed by atoms with Crippen LogP contribution in [0.4, 0.5) is 0 Å². The third-order valence-electron chi connectivity index (χ3n) is 14.3. The van der Waals surface area contributed by atoms with Gasteiger partial charge in [0.2, 0.25) is 0 Å². The normalized spacial score (nSPS) is 13.5. The van der Waals surface area contributed by atoms with Gasteiger partial charge in [-0.1, -0.05) is 268 Å². The Morgan fingerprint density at radius 2 is 0.711 bits per heavy atom. The highest BCUT2D eigenvalue weighted by Crippen LogP contribution is 2.38. The predicted octanol–water partition coefficient (Wildman–Crippen LogP) is 19.9. The maximum Gasteiger partial charge on any atom is 0.306 e. The van der Waals surface area contributed by atoms with E-state index >= 15 is 0 Å². The fraction of sp³-hybridized carbons (Fsp3) is 0.848. The van der Waals surface area contributed by atoms with Crippen LogP contribution in [0, 0.1) is 0 Å². The maximum absolute atomic E-state index is 12.8. The molecule has 446 valence electrons. The van der Waals surface area contributed by atoms with E-state index in [1.165, 1.54) is 205 Å². The largest absolute Gasteiger partial charge is 0.756 e. The first-order valence-corrected chi connectivity index (χ1v) is 33.8. The molecule has 0 rings (SSSR count). The molecule has 0 saturated heterocycles. The van der Waals surface area contributed by atoms with Crippen LogP contribution >= 0.6 is 7.82 Å². The number of carbonyl (C=O) groups is 2. The average Bonchev–Trinajstić information content (AvgIpc) is 3.38. The number of quaternary nitrogens is 1. The molecule has 76 heavy (non-hydrogen) atoms. The summed E-state index contributed by atoms with van der Waals surface area (Å²) in [6, 6.07) is 0. The lowest BCUT2D eigenvalue weighted by Gasteiger charge is -2.28. The van der Waals surface area contributed by atoms with E-state index in [0.29, 0.717) is 17.4 Å². The Labute approximate surface area is 471 Å². The van der Waals surface area contributed by atoms with E-state index in [4.69, 9.17) is 18.5 Å². The van der Waals surface area contributed by atoms with Crippen LogP contribution < -0.4 is 4.89 Å². The fourth-order valence-corrected chi connectivity index (χ4v) is 10.0. The number of hydrogen-bond acceptors (Lipinski definition) is 8. The SMILES string of the molecule is CCCCC/C=C\C/C=C\C/C=C\CCCCCCCCC(=O)OC(COC(=O)CCCCCCCCCCCCCCCCCCCCCCC/C=C\CCCCCCCCCC)COP(=O)([O-])OCC[N+](C)(C)C. The molecule has 0 amide bonds. The van der Waals surface area contributed by atoms with Crippen LogP contribution in [0.2, 0.25) is 0 Å². The standard InChI is InChI=1S/C66H124NO8P/c1-6-8-10-12-14-16-18-20-22-24-26-27-28-29-30-31-32-33-34-35-36-37-38-39-41-42-44-46-48-50-52-54-56-58-65(68)72-62-64(63-74-76(70,71)73-61-60-67(3,4)5)75-66(69)59-57-55-53-51-49-47-45-43-40-25-23-21-19-17-15-13-11-9-7-2/h15,17,21,23-24,26,40,43,64H,6-14,16,18-20,22,25,27-39,41-42,44-63H2,1-5H3/b17-15-,23-21-,26-24-,43-40-. The highest BCUT2D eigenvalue weighted by molar-refractivity contribution is 7.45. The molecule has 0 radical (unpaired) electrons. The molecule has 0 saturated carbocycles. The van der Waals surface area contributed by atoms with Crippen molar-refractivity contribution in [3.8, 4) is 0 Å². The number of carbonyl (C=O) groups excluding carboxylic acids is 2. The molecular weight excluding hydrogens is 966 g/mol. The van der Waals surface area contributed by atoms with Crippen LogP contribution in [0.15, 0.2) is 48.6 Å². The average molecular weight is 1090 g/mol. The molecule has 9 nitrogen and oxygen atoms in total. The van der Waals surface area contributed by atoms with Crippen molar-refractivity contribution >= 4 is 19.8 Å². The van der Waals surface area contributed by atoms with E-state index in [0.717, 1.165) is 70.6 Å². The number of ether oxygens (including phenoxy) is 2. The molecule has 0 aromatic heterocycles. The summed E-state index contributed by atoms with van der Waals surface area (Å²) in [4.78, 5) is 37.9. The summed E-state index contributed by atoms with van der Waals surface area (Å²) in [5.41, 5.74) is 0. The predicted molar refractivity (Wildman–Crippen MR) is 324 cm³/mol. The minimum absolute atomic E-state index is 0.0333. The van der Waals surface area contributed by atoms with Gasteiger partial charge < -0.3 is 27.9 Å². The topological polar surface area (TPSA) is 111 Å². The van der Waals surface area contributed by atoms with Crippen molar-refractivity contribution in [1.29, 1.82) is 0 Å². The summed E-state index contributed by atoms with van der Waals surface area (Å²) < 4.78 is 34.2. The second kappa shape index (κ2) is 57.6. The number of unbranched alkanes of at least 4 members (excludes halogenated alkanes) is 38. The van der Waals surface area contributed by atoms with Crippen molar-refractivity contribution in [2.75, 3.05) is 47.5 Å². The number of likely N-dealkylation sites (N-methyl/N-ethyl adjacent to an activating group) is 1. The monoisotopic (exact) mass is 1090 g/mol. The summed E-state index contributed by atoms with van der Waals surface area (Å²) in [6.45, 7) is 4.23. The van der Waals surface area contributed by atoms with Crippen molar-refractivity contribution in [3.05, 3.63) is 48.6 Å². The number of phosphoric acid groups is 1. The number of esters is 2. The molecular formula is C66H124NO8P. The van der Waals surface area contributed by atoms with Gasteiger partial charge in [0.1, 0.15) is 19.8 Å². The van der Waals surface area contributed by atoms with Gasteiger partial charge in [-0.3, -0.25) is 14.2 Å². The first kappa shape index (κ1) is 74.0. The second-order valence-corrected chi connectivity index (χ2v) is 24.5. The summed E-state index contributed by atoms with van der Waals surface area (Å²) in [7, 11) is 1.16. The number of allylic oxidation sites excluding steroid dienone is 8. The summed E-state index contributed by atoms with van der Waals surface area (Å²) in [6.07, 6.45) is 73.3. The highest BCUT2D eigenvalue weighted by atomic mass is 31.2. The molecule has 0 fully saturated rings. The molecule has 0 bridgehead atoms. The second-order valence-electron chi connectivity index (χ2n) is 23.1. The maximum atomic E-state index is 12.8. The van der Waals surface area contributed by atoms with Gasteiger partial charge in [-0.15, -0.1) is 0 Å². The minimum atomic E-state index is -4.64. The van der Waals surface area contributed by atoms with Crippen LogP contribution in [0.3, 0.4) is 0 Å². The Bertz CT molecular complexity index is 1420. The lowest BCUT2D eigenvalue weighted by Crippen LogP contribution is -2.37.